The van der Waals surface area contributed by atoms with Crippen LogP contribution in [0.3, 0.4) is 0 Å². The van der Waals surface area contributed by atoms with E-state index >= 15 is 28.8 Å². The number of aliphatic carboxylic acids is 2. The number of aliphatic hydroxyl groups is 1. The summed E-state index contributed by atoms with van der Waals surface area (Å²) >= 11 is 2.09. The molecule has 16 N–H and O–H groups in total. The molecule has 6 aromatic carbocycles. The molecule has 36 nitrogen and oxygen atoms in total. The molecule has 0 radical (unpaired) electrons. The quantitative estimate of drug-likeness (QED) is 0.0409. The van der Waals surface area contributed by atoms with Crippen molar-refractivity contribution in [2.24, 2.45) is 11.7 Å². The summed E-state index contributed by atoms with van der Waals surface area (Å²) in [5.74, 6) is -18.3. The van der Waals surface area contributed by atoms with Gasteiger partial charge >= 0.3 is 11.9 Å². The predicted molar refractivity (Wildman–Crippen MR) is 484 cm³/mol. The highest BCUT2D eigenvalue weighted by molar-refractivity contribution is 8.00. The van der Waals surface area contributed by atoms with Gasteiger partial charge in [-0.25, -0.2) is 0 Å². The van der Waals surface area contributed by atoms with Gasteiger partial charge in [0.25, 0.3) is 0 Å². The number of likely N-dealkylation sites (N-methyl/N-ethyl adjacent to an activating group) is 5. The van der Waals surface area contributed by atoms with E-state index in [1.165, 1.54) is 95.1 Å². The number of carboxylic acids is 2. The number of carbonyl (C=O) groups excluding carboxylic acids is 14. The van der Waals surface area contributed by atoms with Gasteiger partial charge in [-0.2, -0.15) is 0 Å². The first-order valence-electron chi connectivity index (χ1n) is 42.4. The summed E-state index contributed by atoms with van der Waals surface area (Å²) in [6.07, 6.45) is -4.96. The number of phenolic OH excluding ortho intramolecular Hbond substituents is 2. The third kappa shape index (κ3) is 31.0. The van der Waals surface area contributed by atoms with Gasteiger partial charge in [-0.3, -0.25) is 82.0 Å². The van der Waals surface area contributed by atoms with Crippen LogP contribution in [0.25, 0.3) is 10.1 Å². The number of nitrogens with zero attached hydrogens (tertiary/aromatic N) is 5. The number of hydrogen-bond donors (Lipinski definition) is 15. The molecule has 130 heavy (non-hydrogen) atoms. The van der Waals surface area contributed by atoms with Gasteiger partial charge in [0.2, 0.25) is 82.7 Å². The summed E-state index contributed by atoms with van der Waals surface area (Å²) in [6, 6.07) is 26.5. The molecule has 0 aliphatic carbocycles. The molecular weight excluding hydrogens is 1720 g/mol. The molecule has 38 heteroatoms. The van der Waals surface area contributed by atoms with Crippen LogP contribution < -0.4 is 53.6 Å². The maximum Gasteiger partial charge on any atom is 0.305 e. The van der Waals surface area contributed by atoms with E-state index < -0.39 is 224 Å². The monoisotopic (exact) mass is 1830 g/mol. The number of carboxylic acid groups (broad SMARTS) is 2. The van der Waals surface area contributed by atoms with Gasteiger partial charge in [-0.1, -0.05) is 167 Å². The molecule has 12 atom stereocenters. The van der Waals surface area contributed by atoms with E-state index in [2.05, 4.69) is 47.9 Å². The fourth-order valence-electron chi connectivity index (χ4n) is 14.8. The molecule has 1 fully saturated rings. The zero-order chi connectivity index (χ0) is 95.0. The van der Waals surface area contributed by atoms with Gasteiger partial charge in [0, 0.05) is 84.2 Å². The van der Waals surface area contributed by atoms with E-state index in [0.29, 0.717) is 51.6 Å². The van der Waals surface area contributed by atoms with Crippen molar-refractivity contribution in [2.75, 3.05) is 66.4 Å². The first-order valence-corrected chi connectivity index (χ1v) is 44.5. The molecule has 7 aromatic rings. The minimum absolute atomic E-state index is 0.0132. The Balaban J connectivity index is 1.22. The highest BCUT2D eigenvalue weighted by Gasteiger charge is 2.42. The van der Waals surface area contributed by atoms with Gasteiger partial charge in [0.15, 0.2) is 0 Å². The lowest BCUT2D eigenvalue weighted by Crippen LogP contribution is -2.61. The number of thiophene rings is 1. The van der Waals surface area contributed by atoms with E-state index in [4.69, 9.17) is 5.73 Å². The second kappa shape index (κ2) is 49.9. The van der Waals surface area contributed by atoms with Crippen molar-refractivity contribution in [1.29, 1.82) is 0 Å². The number of nitrogens with two attached hydrogens (primary N) is 1. The van der Waals surface area contributed by atoms with Crippen LogP contribution in [-0.4, -0.2) is 284 Å². The first-order chi connectivity index (χ1) is 61.9. The number of benzene rings is 6. The molecule has 696 valence electrons. The van der Waals surface area contributed by atoms with Crippen LogP contribution >= 0.6 is 23.1 Å². The number of carbonyl (C=O) groups is 16. The first kappa shape index (κ1) is 102. The lowest BCUT2D eigenvalue weighted by Gasteiger charge is -2.37. The Labute approximate surface area is 761 Å². The SMILES string of the molecule is CCCCC1C(=O)N(C)CC(=O)NC(CC(=O)O)C(=O)NC(C(C)C)C(=O)N(C)C(Cc2ccccc2)C(=O)NC(Cc2ccc(O)cc2)C(=O)N(C)CC(=O)NC(Cc2csc3ccccc23)C(=O)NC(Cc2ccc(O)cc2)C(O)NC(CCC(=O)O)C(=O)NC(C(=O)NCC(N)=O)CSCC(=O)NC(Cc2ccccc2)C(=O)N(C)C(Cc2ccccc2)C(=O)N1C. The summed E-state index contributed by atoms with van der Waals surface area (Å²) in [5, 5.41) is 79.7. The fraction of sp³-hybridized carbons (Fsp3) is 0.413. The van der Waals surface area contributed by atoms with E-state index in [1.54, 1.807) is 128 Å². The van der Waals surface area contributed by atoms with Crippen molar-refractivity contribution in [3.8, 4) is 11.5 Å². The van der Waals surface area contributed by atoms with E-state index in [9.17, 15) is 73.5 Å². The zero-order valence-corrected chi connectivity index (χ0v) is 75.2. The number of nitrogens with one attached hydrogen (secondary N) is 9. The molecule has 0 bridgehead atoms. The Morgan fingerprint density at radius 2 is 0.962 bits per heavy atom. The number of aromatic hydroxyl groups is 2. The zero-order valence-electron chi connectivity index (χ0n) is 73.6. The Morgan fingerprint density at radius 1 is 0.477 bits per heavy atom. The molecule has 8 rings (SSSR count). The molecule has 1 aromatic heterocycles. The number of phenols is 2. The average molecular weight is 1830 g/mol. The predicted octanol–water partition coefficient (Wildman–Crippen LogP) is 1.67. The Morgan fingerprint density at radius 3 is 1.52 bits per heavy atom. The van der Waals surface area contributed by atoms with Crippen LogP contribution in [0.5, 0.6) is 11.5 Å². The summed E-state index contributed by atoms with van der Waals surface area (Å²) in [6.45, 7) is 2.56. The minimum Gasteiger partial charge on any atom is -0.508 e. The summed E-state index contributed by atoms with van der Waals surface area (Å²) in [4.78, 5) is 237. The highest BCUT2D eigenvalue weighted by Crippen LogP contribution is 2.28. The summed E-state index contributed by atoms with van der Waals surface area (Å²) < 4.78 is 0.794. The Hall–Kier alpha value is -13.3. The number of unbranched alkanes of at least 4 members (excludes halogenated alkanes) is 1. The van der Waals surface area contributed by atoms with Crippen LogP contribution in [0.1, 0.15) is 92.7 Å². The van der Waals surface area contributed by atoms with Gasteiger partial charge in [0.1, 0.15) is 72.1 Å². The van der Waals surface area contributed by atoms with E-state index in [-0.39, 0.29) is 56.4 Å². The van der Waals surface area contributed by atoms with Crippen LogP contribution in [0.2, 0.25) is 0 Å². The van der Waals surface area contributed by atoms with Crippen LogP contribution in [0.15, 0.2) is 169 Å². The molecule has 1 aliphatic rings. The maximum atomic E-state index is 15.5. The van der Waals surface area contributed by atoms with E-state index in [0.717, 1.165) is 41.0 Å². The molecule has 1 saturated heterocycles. The molecular formula is C92H115N15O21S2. The third-order valence-corrected chi connectivity index (χ3v) is 24.1. The number of primary amides is 1. The smallest absolute Gasteiger partial charge is 0.305 e. The van der Waals surface area contributed by atoms with Crippen molar-refractivity contribution in [3.05, 3.63) is 203 Å². The molecule has 1 aliphatic heterocycles. The van der Waals surface area contributed by atoms with Crippen LogP contribution in [0, 0.1) is 5.92 Å². The second-order valence-electron chi connectivity index (χ2n) is 32.4. The second-order valence-corrected chi connectivity index (χ2v) is 34.4. The lowest BCUT2D eigenvalue weighted by atomic mass is 9.98. The number of amides is 14. The van der Waals surface area contributed by atoms with Gasteiger partial charge in [-0.05, 0) is 99.7 Å². The van der Waals surface area contributed by atoms with Gasteiger partial charge in [0.05, 0.1) is 43.9 Å². The number of fused-ring (bicyclic) bond motifs is 1. The van der Waals surface area contributed by atoms with Crippen LogP contribution in [0.4, 0.5) is 0 Å². The van der Waals surface area contributed by atoms with Gasteiger partial charge < -0.3 is 98.3 Å². The lowest BCUT2D eigenvalue weighted by molar-refractivity contribution is -0.151. The van der Waals surface area contributed by atoms with Crippen LogP contribution in [-0.2, 0) is 115 Å². The number of rotatable bonds is 24. The fourth-order valence-corrected chi connectivity index (χ4v) is 16.6. The van der Waals surface area contributed by atoms with Gasteiger partial charge in [-0.15, -0.1) is 23.1 Å². The van der Waals surface area contributed by atoms with Crippen molar-refractivity contribution >= 4 is 128 Å². The number of hydrogen-bond acceptors (Lipinski definition) is 22. The van der Waals surface area contributed by atoms with E-state index in [1.807, 2.05) is 13.0 Å². The Kier molecular flexibility index (Phi) is 39.1. The summed E-state index contributed by atoms with van der Waals surface area (Å²) in [7, 11) is 6.46. The number of thioether (sulfide) groups is 1. The standard InChI is InChI=1S/C92H115N15O21S2/c1-9-10-29-71-90(126)104(5)50-77(112)96-67(47-80(116)117)86(122)102-81(54(2)3)92(128)106(7)72(44-56-24-16-12-17-25-56)87(123)100-68(43-59-33-37-62(109)38-34-59)88(124)103(4)49-76(111)95-66(46-60-51-130-74-30-21-20-28-63(60)74)85(121)99-65(41-58-31-35-61(108)36-32-58)84(120)98-64(39-40-79(114)115)83(119)101-70(82(118)94-48-75(93)110)52-129-53-78(113)97-69(42-55-22-14-11-15-23-55)89(125)107(8)73(91(127)105(71)6)45-57-26-18-13-19-27-57/h11-28,30-38,51,54,64-73,81,84,98,108-109,120H,9-10,29,39-50,52-53H2,1-8H3,(H2,93,110)(H,94,118)(H,95,111)(H,96,112)(H,97,113)(H,99,121)(H,100,123)(H,101,119)(H,102,122)(H,114,115)(H,116,117). The molecule has 0 saturated carbocycles. The van der Waals surface area contributed by atoms with Crippen molar-refractivity contribution in [3.63, 3.8) is 0 Å². The van der Waals surface area contributed by atoms with Crippen molar-refractivity contribution in [1.82, 2.24) is 72.4 Å². The third-order valence-electron chi connectivity index (χ3n) is 22.0. The maximum absolute atomic E-state index is 15.5. The molecule has 2 heterocycles. The largest absolute Gasteiger partial charge is 0.508 e. The Bertz CT molecular complexity index is 5100. The molecule has 0 spiro atoms. The molecule has 12 unspecified atom stereocenters. The van der Waals surface area contributed by atoms with Crippen molar-refractivity contribution < 1.29 is 102 Å². The van der Waals surface area contributed by atoms with Crippen molar-refractivity contribution in [2.45, 2.75) is 171 Å². The highest BCUT2D eigenvalue weighted by atomic mass is 32.2. The summed E-state index contributed by atoms with van der Waals surface area (Å²) in [5.41, 5.74) is 8.37. The minimum atomic E-state index is -2.04. The number of aliphatic hydroxyl groups excluding tert-OH is 1. The topological polar surface area (TPSA) is 525 Å². The average Bonchev–Trinajstić information content (AvgIpc) is 0.953. The normalized spacial score (nSPS) is 22.4. The molecule has 14 amide bonds.